The Bertz CT molecular complexity index is 737. The molecule has 0 aromatic heterocycles. The van der Waals surface area contributed by atoms with Gasteiger partial charge in [0.05, 0.1) is 10.8 Å². The predicted molar refractivity (Wildman–Crippen MR) is 76.9 cm³/mol. The maximum Gasteiger partial charge on any atom is 0.270 e. The van der Waals surface area contributed by atoms with Crippen LogP contribution in [0.4, 0.5) is 5.69 Å². The molecule has 0 spiro atoms. The molecular weight excluding hydrogens is 270 g/mol. The van der Waals surface area contributed by atoms with Crippen LogP contribution in [-0.4, -0.2) is 11.2 Å². The first kappa shape index (κ1) is 13.1. The Labute approximate surface area is 120 Å². The molecule has 0 saturated heterocycles. The fourth-order valence-corrected chi connectivity index (χ4v) is 2.28. The van der Waals surface area contributed by atoms with Gasteiger partial charge in [0.2, 0.25) is 0 Å². The van der Waals surface area contributed by atoms with Crippen molar-refractivity contribution < 1.29 is 14.5 Å². The number of ether oxygens (including phenoxy) is 1. The van der Waals surface area contributed by atoms with Crippen LogP contribution in [0.1, 0.15) is 17.0 Å². The minimum absolute atomic E-state index is 0.0549. The molecule has 104 valence electrons. The number of hydrogen-bond donors (Lipinski definition) is 0. The number of hydrogen-bond acceptors (Lipinski definition) is 4. The van der Waals surface area contributed by atoms with Crippen LogP contribution in [0.2, 0.25) is 0 Å². The van der Waals surface area contributed by atoms with Crippen LogP contribution >= 0.6 is 0 Å². The Balaban J connectivity index is 2.05. The fourth-order valence-electron chi connectivity index (χ4n) is 2.28. The van der Waals surface area contributed by atoms with Gasteiger partial charge in [0.25, 0.3) is 5.69 Å². The van der Waals surface area contributed by atoms with E-state index in [1.807, 2.05) is 30.3 Å². The third kappa shape index (κ3) is 2.41. The van der Waals surface area contributed by atoms with E-state index in [2.05, 4.69) is 0 Å². The van der Waals surface area contributed by atoms with Crippen LogP contribution < -0.4 is 4.74 Å². The zero-order chi connectivity index (χ0) is 14.8. The second kappa shape index (κ2) is 5.20. The predicted octanol–water partition coefficient (Wildman–Crippen LogP) is 3.31. The topological polar surface area (TPSA) is 69.4 Å². The molecule has 1 unspecified atom stereocenters. The molecule has 0 saturated carbocycles. The molecule has 1 aliphatic heterocycles. The number of carbonyl (C=O) groups excluding carboxylic acids is 1. The van der Waals surface area contributed by atoms with Crippen molar-refractivity contribution in [2.75, 3.05) is 0 Å². The highest BCUT2D eigenvalue weighted by molar-refractivity contribution is 5.77. The molecular formula is C16H11NO4. The highest BCUT2D eigenvalue weighted by Crippen LogP contribution is 2.38. The molecule has 5 heteroatoms. The molecule has 2 aromatic carbocycles. The SMILES string of the molecule is O=CC1C=C(c2ccccc2)Oc2ccc([N+](=O)[O-])cc21. The van der Waals surface area contributed by atoms with Gasteiger partial charge in [-0.2, -0.15) is 0 Å². The second-order valence-corrected chi connectivity index (χ2v) is 4.64. The average molecular weight is 281 g/mol. The maximum absolute atomic E-state index is 11.3. The quantitative estimate of drug-likeness (QED) is 0.491. The van der Waals surface area contributed by atoms with E-state index in [9.17, 15) is 14.9 Å². The van der Waals surface area contributed by atoms with Crippen LogP contribution in [0.25, 0.3) is 5.76 Å². The van der Waals surface area contributed by atoms with Crippen molar-refractivity contribution in [1.82, 2.24) is 0 Å². The Kier molecular flexibility index (Phi) is 3.23. The summed E-state index contributed by atoms with van der Waals surface area (Å²) < 4.78 is 5.76. The first-order chi connectivity index (χ1) is 10.2. The van der Waals surface area contributed by atoms with E-state index >= 15 is 0 Å². The van der Waals surface area contributed by atoms with Crippen LogP contribution in [-0.2, 0) is 4.79 Å². The van der Waals surface area contributed by atoms with Crippen LogP contribution in [0.3, 0.4) is 0 Å². The van der Waals surface area contributed by atoms with Gasteiger partial charge in [0.1, 0.15) is 17.8 Å². The summed E-state index contributed by atoms with van der Waals surface area (Å²) in [4.78, 5) is 21.7. The van der Waals surface area contributed by atoms with Crippen LogP contribution in [0.15, 0.2) is 54.6 Å². The summed E-state index contributed by atoms with van der Waals surface area (Å²) >= 11 is 0. The standard InChI is InChI=1S/C16H11NO4/c18-10-12-8-16(11-4-2-1-3-5-11)21-15-7-6-13(17(19)20)9-14(12)15/h1-10,12H. The Morgan fingerprint density at radius 1 is 1.14 bits per heavy atom. The normalized spacial score (nSPS) is 16.4. The van der Waals surface area contributed by atoms with Crippen molar-refractivity contribution in [3.8, 4) is 5.75 Å². The zero-order valence-corrected chi connectivity index (χ0v) is 10.9. The number of benzene rings is 2. The molecule has 0 N–H and O–H groups in total. The largest absolute Gasteiger partial charge is 0.457 e. The van der Waals surface area contributed by atoms with Crippen molar-refractivity contribution in [1.29, 1.82) is 0 Å². The van der Waals surface area contributed by atoms with Gasteiger partial charge in [-0.15, -0.1) is 0 Å². The summed E-state index contributed by atoms with van der Waals surface area (Å²) in [6.45, 7) is 0. The molecule has 5 nitrogen and oxygen atoms in total. The highest BCUT2D eigenvalue weighted by atomic mass is 16.6. The molecule has 0 aliphatic carbocycles. The number of nitro groups is 1. The van der Waals surface area contributed by atoms with E-state index < -0.39 is 10.8 Å². The summed E-state index contributed by atoms with van der Waals surface area (Å²) in [7, 11) is 0. The van der Waals surface area contributed by atoms with E-state index in [0.29, 0.717) is 17.1 Å². The molecule has 1 atom stereocenters. The Morgan fingerprint density at radius 3 is 2.57 bits per heavy atom. The maximum atomic E-state index is 11.3. The average Bonchev–Trinajstić information content (AvgIpc) is 2.54. The van der Waals surface area contributed by atoms with Gasteiger partial charge < -0.3 is 9.53 Å². The van der Waals surface area contributed by atoms with E-state index in [4.69, 9.17) is 4.74 Å². The van der Waals surface area contributed by atoms with Crippen molar-refractivity contribution in [2.45, 2.75) is 5.92 Å². The molecule has 1 aliphatic rings. The third-order valence-electron chi connectivity index (χ3n) is 3.32. The molecule has 0 bridgehead atoms. The summed E-state index contributed by atoms with van der Waals surface area (Å²) in [6, 6.07) is 13.7. The third-order valence-corrected chi connectivity index (χ3v) is 3.32. The minimum Gasteiger partial charge on any atom is -0.457 e. The second-order valence-electron chi connectivity index (χ2n) is 4.64. The fraction of sp³-hybridized carbons (Fsp3) is 0.0625. The number of carbonyl (C=O) groups is 1. The Hall–Kier alpha value is -2.95. The molecule has 0 amide bonds. The van der Waals surface area contributed by atoms with Crippen LogP contribution in [0, 0.1) is 10.1 Å². The van der Waals surface area contributed by atoms with Crippen molar-refractivity contribution in [3.63, 3.8) is 0 Å². The Morgan fingerprint density at radius 2 is 1.90 bits per heavy atom. The smallest absolute Gasteiger partial charge is 0.270 e. The lowest BCUT2D eigenvalue weighted by Crippen LogP contribution is -2.10. The first-order valence-corrected chi connectivity index (χ1v) is 6.38. The van der Waals surface area contributed by atoms with Crippen molar-refractivity contribution in [2.24, 2.45) is 0 Å². The number of allylic oxidation sites excluding steroid dienone is 1. The summed E-state index contributed by atoms with van der Waals surface area (Å²) in [5, 5.41) is 10.8. The van der Waals surface area contributed by atoms with E-state index in [1.165, 1.54) is 18.2 Å². The minimum atomic E-state index is -0.552. The van der Waals surface area contributed by atoms with Gasteiger partial charge in [0, 0.05) is 23.3 Å². The number of aldehydes is 1. The molecule has 2 aromatic rings. The molecule has 21 heavy (non-hydrogen) atoms. The van der Waals surface area contributed by atoms with E-state index in [0.717, 1.165) is 11.8 Å². The number of rotatable bonds is 3. The summed E-state index contributed by atoms with van der Waals surface area (Å²) in [5.41, 5.74) is 1.31. The van der Waals surface area contributed by atoms with Gasteiger partial charge >= 0.3 is 0 Å². The molecule has 0 radical (unpaired) electrons. The van der Waals surface area contributed by atoms with Gasteiger partial charge in [-0.3, -0.25) is 10.1 Å². The van der Waals surface area contributed by atoms with Gasteiger partial charge in [-0.25, -0.2) is 0 Å². The van der Waals surface area contributed by atoms with Gasteiger partial charge in [-0.1, -0.05) is 30.3 Å². The number of nitrogens with zero attached hydrogens (tertiary/aromatic N) is 1. The van der Waals surface area contributed by atoms with E-state index in [1.54, 1.807) is 6.08 Å². The summed E-state index contributed by atoms with van der Waals surface area (Å²) in [5.74, 6) is 0.497. The zero-order valence-electron chi connectivity index (χ0n) is 10.9. The monoisotopic (exact) mass is 281 g/mol. The van der Waals surface area contributed by atoms with Crippen molar-refractivity contribution >= 4 is 17.7 Å². The lowest BCUT2D eigenvalue weighted by Gasteiger charge is -2.21. The highest BCUT2D eigenvalue weighted by Gasteiger charge is 2.24. The number of fused-ring (bicyclic) bond motifs is 1. The lowest BCUT2D eigenvalue weighted by atomic mass is 9.94. The molecule has 1 heterocycles. The van der Waals surface area contributed by atoms with E-state index in [-0.39, 0.29) is 5.69 Å². The first-order valence-electron chi connectivity index (χ1n) is 6.38. The number of nitro benzene ring substituents is 1. The molecule has 3 rings (SSSR count). The van der Waals surface area contributed by atoms with Gasteiger partial charge in [-0.05, 0) is 12.1 Å². The summed E-state index contributed by atoms with van der Waals surface area (Å²) in [6.07, 6.45) is 2.43. The van der Waals surface area contributed by atoms with Crippen LogP contribution in [0.5, 0.6) is 5.75 Å². The van der Waals surface area contributed by atoms with Gasteiger partial charge in [0.15, 0.2) is 0 Å². The van der Waals surface area contributed by atoms with Crippen molar-refractivity contribution in [3.05, 3.63) is 75.8 Å². The molecule has 0 fully saturated rings. The lowest BCUT2D eigenvalue weighted by molar-refractivity contribution is -0.384. The number of non-ortho nitro benzene ring substituents is 1.